The van der Waals surface area contributed by atoms with Gasteiger partial charge in [0, 0.05) is 0 Å². The van der Waals surface area contributed by atoms with Crippen molar-refractivity contribution in [3.05, 3.63) is 71.8 Å². The van der Waals surface area contributed by atoms with E-state index in [4.69, 9.17) is 32.2 Å². The van der Waals surface area contributed by atoms with Crippen LogP contribution in [0, 0.1) is 0 Å². The van der Waals surface area contributed by atoms with Gasteiger partial charge in [0.15, 0.2) is 12.3 Å². The maximum absolute atomic E-state index is 14.9. The van der Waals surface area contributed by atoms with Crippen molar-refractivity contribution >= 4 is 29.1 Å². The van der Waals surface area contributed by atoms with Crippen LogP contribution in [0.2, 0.25) is 0 Å². The Morgan fingerprint density at radius 2 is 1.54 bits per heavy atom. The van der Waals surface area contributed by atoms with Gasteiger partial charge in [-0.3, -0.25) is 0 Å². The van der Waals surface area contributed by atoms with E-state index < -0.39 is 36.4 Å². The van der Waals surface area contributed by atoms with Gasteiger partial charge in [-0.05, 0) is 24.3 Å². The van der Waals surface area contributed by atoms with Gasteiger partial charge >= 0.3 is 11.9 Å². The molecule has 1 aliphatic heterocycles. The Morgan fingerprint density at radius 1 is 1.00 bits per heavy atom. The zero-order valence-electron chi connectivity index (χ0n) is 14.7. The first-order valence-corrected chi connectivity index (χ1v) is 8.95. The second-order valence-corrected chi connectivity index (χ2v) is 6.61. The maximum Gasteiger partial charge on any atom is 0.338 e. The number of carbonyl (C=O) groups is 2. The molecule has 2 aromatic carbocycles. The second-order valence-electron chi connectivity index (χ2n) is 6.14. The van der Waals surface area contributed by atoms with Gasteiger partial charge in [-0.15, -0.1) is 0 Å². The Hall–Kier alpha value is -2.84. The number of alkyl halides is 1. The number of hydrogen-bond donors (Lipinski definition) is 1. The number of halogens is 1. The third kappa shape index (κ3) is 4.52. The molecule has 3 rings (SSSR count). The van der Waals surface area contributed by atoms with E-state index in [9.17, 15) is 14.0 Å². The van der Waals surface area contributed by atoms with Crippen LogP contribution in [0.15, 0.2) is 60.7 Å². The molecule has 0 aliphatic carbocycles. The number of nitrogens with two attached hydrogens (primary N) is 1. The molecule has 146 valence electrons. The number of hydrogen-bond acceptors (Lipinski definition) is 6. The van der Waals surface area contributed by atoms with E-state index in [1.807, 2.05) is 0 Å². The fourth-order valence-corrected chi connectivity index (χ4v) is 2.98. The van der Waals surface area contributed by atoms with Gasteiger partial charge in [-0.1, -0.05) is 48.6 Å². The fourth-order valence-electron chi connectivity index (χ4n) is 2.79. The summed E-state index contributed by atoms with van der Waals surface area (Å²) in [7, 11) is 0. The van der Waals surface area contributed by atoms with Crippen LogP contribution in [-0.2, 0) is 14.2 Å². The lowest BCUT2D eigenvalue weighted by Crippen LogP contribution is -2.41. The standard InChI is InChI=1S/C20H18FNO5S/c21-15-14(11-25-19(23)12-7-3-1-4-8-12)26-17(18(22)28)16(15)27-20(24)13-9-5-2-6-10-13/h1-10,14-17H,11H2,(H2,22,28)/t14-,15+,16-,17-/m1/s1. The first-order valence-electron chi connectivity index (χ1n) is 8.54. The quantitative estimate of drug-likeness (QED) is 0.586. The molecule has 8 heteroatoms. The Bertz CT molecular complexity index is 848. The number of thiocarbonyl (C=S) groups is 1. The molecule has 0 radical (unpaired) electrons. The van der Waals surface area contributed by atoms with Crippen molar-refractivity contribution in [2.45, 2.75) is 24.5 Å². The molecule has 1 fully saturated rings. The number of carbonyl (C=O) groups excluding carboxylic acids is 2. The van der Waals surface area contributed by atoms with Crippen molar-refractivity contribution in [3.8, 4) is 0 Å². The van der Waals surface area contributed by atoms with E-state index in [1.54, 1.807) is 60.7 Å². The van der Waals surface area contributed by atoms with Crippen molar-refractivity contribution in [3.63, 3.8) is 0 Å². The highest BCUT2D eigenvalue weighted by molar-refractivity contribution is 7.80. The number of esters is 2. The smallest absolute Gasteiger partial charge is 0.338 e. The van der Waals surface area contributed by atoms with Crippen molar-refractivity contribution in [2.24, 2.45) is 5.73 Å². The number of ether oxygens (including phenoxy) is 3. The third-order valence-corrected chi connectivity index (χ3v) is 4.44. The minimum atomic E-state index is -1.76. The monoisotopic (exact) mass is 403 g/mol. The lowest BCUT2D eigenvalue weighted by Gasteiger charge is -2.19. The van der Waals surface area contributed by atoms with E-state index in [2.05, 4.69) is 0 Å². The summed E-state index contributed by atoms with van der Waals surface area (Å²) in [6.45, 7) is -0.368. The molecule has 0 unspecified atom stereocenters. The Morgan fingerprint density at radius 3 is 2.07 bits per heavy atom. The van der Waals surface area contributed by atoms with Gasteiger partial charge in [0.2, 0.25) is 0 Å². The van der Waals surface area contributed by atoms with Gasteiger partial charge in [0.1, 0.15) is 23.8 Å². The minimum Gasteiger partial charge on any atom is -0.459 e. The summed E-state index contributed by atoms with van der Waals surface area (Å²) >= 11 is 4.91. The van der Waals surface area contributed by atoms with Gasteiger partial charge in [0.05, 0.1) is 11.1 Å². The third-order valence-electron chi connectivity index (χ3n) is 4.21. The van der Waals surface area contributed by atoms with E-state index in [-0.39, 0.29) is 17.2 Å². The van der Waals surface area contributed by atoms with Crippen LogP contribution >= 0.6 is 12.2 Å². The molecule has 0 spiro atoms. The molecule has 0 amide bonds. The summed E-state index contributed by atoms with van der Waals surface area (Å²) in [5, 5.41) is 0. The Balaban J connectivity index is 1.65. The Labute approximate surface area is 166 Å². The summed E-state index contributed by atoms with van der Waals surface area (Å²) in [4.78, 5) is 24.1. The van der Waals surface area contributed by atoms with E-state index in [1.165, 1.54) is 0 Å². The number of benzene rings is 2. The molecular weight excluding hydrogens is 385 g/mol. The number of rotatable bonds is 6. The SMILES string of the molecule is NC(=S)[C@@H]1O[C@H](COC(=O)c2ccccc2)[C@H](F)[C@H]1OC(=O)c1ccccc1. The molecule has 0 bridgehead atoms. The molecule has 0 aromatic heterocycles. The van der Waals surface area contributed by atoms with Gasteiger partial charge in [-0.2, -0.15) is 0 Å². The molecule has 2 aromatic rings. The first-order chi connectivity index (χ1) is 13.5. The lowest BCUT2D eigenvalue weighted by atomic mass is 10.1. The molecule has 28 heavy (non-hydrogen) atoms. The summed E-state index contributed by atoms with van der Waals surface area (Å²) < 4.78 is 30.7. The highest BCUT2D eigenvalue weighted by atomic mass is 32.1. The molecule has 1 saturated heterocycles. The molecule has 0 saturated carbocycles. The van der Waals surface area contributed by atoms with Crippen molar-refractivity contribution < 1.29 is 28.2 Å². The van der Waals surface area contributed by atoms with Crippen molar-refractivity contribution in [2.75, 3.05) is 6.61 Å². The predicted molar refractivity (Wildman–Crippen MR) is 103 cm³/mol. The normalized spacial score (nSPS) is 23.8. The van der Waals surface area contributed by atoms with Crippen LogP contribution in [-0.4, -0.2) is 48.0 Å². The zero-order valence-corrected chi connectivity index (χ0v) is 15.5. The largest absolute Gasteiger partial charge is 0.459 e. The van der Waals surface area contributed by atoms with Crippen molar-refractivity contribution in [1.82, 2.24) is 0 Å². The van der Waals surface area contributed by atoms with Gasteiger partial charge < -0.3 is 19.9 Å². The van der Waals surface area contributed by atoms with E-state index in [0.717, 1.165) is 0 Å². The summed E-state index contributed by atoms with van der Waals surface area (Å²) in [5.41, 5.74) is 6.20. The van der Waals surface area contributed by atoms with E-state index in [0.29, 0.717) is 5.56 Å². The first kappa shape index (κ1) is 19.9. The van der Waals surface area contributed by atoms with Crippen LogP contribution in [0.1, 0.15) is 20.7 Å². The van der Waals surface area contributed by atoms with Gasteiger partial charge in [-0.25, -0.2) is 14.0 Å². The van der Waals surface area contributed by atoms with E-state index >= 15 is 0 Å². The maximum atomic E-state index is 14.9. The lowest BCUT2D eigenvalue weighted by molar-refractivity contribution is -0.00754. The van der Waals surface area contributed by atoms with Crippen LogP contribution in [0.25, 0.3) is 0 Å². The second kappa shape index (κ2) is 8.90. The van der Waals surface area contributed by atoms with Crippen LogP contribution in [0.3, 0.4) is 0 Å². The molecule has 1 aliphatic rings. The van der Waals surface area contributed by atoms with Crippen molar-refractivity contribution in [1.29, 1.82) is 0 Å². The van der Waals surface area contributed by atoms with Crippen LogP contribution < -0.4 is 5.73 Å². The minimum absolute atomic E-state index is 0.148. The molecular formula is C20H18FNO5S. The summed E-state index contributed by atoms with van der Waals surface area (Å²) in [6.07, 6.45) is -5.36. The predicted octanol–water partition coefficient (Wildman–Crippen LogP) is 2.46. The van der Waals surface area contributed by atoms with Crippen LogP contribution in [0.4, 0.5) is 4.39 Å². The molecule has 6 nitrogen and oxygen atoms in total. The van der Waals surface area contributed by atoms with Crippen LogP contribution in [0.5, 0.6) is 0 Å². The zero-order chi connectivity index (χ0) is 20.1. The highest BCUT2D eigenvalue weighted by Crippen LogP contribution is 2.28. The fraction of sp³-hybridized carbons (Fsp3) is 0.250. The molecule has 2 N–H and O–H groups in total. The highest BCUT2D eigenvalue weighted by Gasteiger charge is 2.49. The molecule has 4 atom stereocenters. The average molecular weight is 403 g/mol. The average Bonchev–Trinajstić information content (AvgIpc) is 3.03. The Kier molecular flexibility index (Phi) is 6.33. The van der Waals surface area contributed by atoms with Gasteiger partial charge in [0.25, 0.3) is 0 Å². The molecule has 1 heterocycles. The summed E-state index contributed by atoms with van der Waals surface area (Å²) in [5.74, 6) is -1.34. The topological polar surface area (TPSA) is 87.8 Å². The summed E-state index contributed by atoms with van der Waals surface area (Å²) in [6, 6.07) is 16.4.